The zero-order valence-electron chi connectivity index (χ0n) is 10.9. The number of piperidine rings is 1. The first-order valence-electron chi connectivity index (χ1n) is 6.65. The molecule has 1 aromatic rings. The van der Waals surface area contributed by atoms with E-state index in [4.69, 9.17) is 22.7 Å². The fourth-order valence-electron chi connectivity index (χ4n) is 2.74. The van der Waals surface area contributed by atoms with Gasteiger partial charge in [-0.05, 0) is 43.9 Å². The molecular formula is C14H20ClN3O. The number of benzene rings is 1. The SMILES string of the molecule is N=C(N)c1ccc(Cl)cc1N1CCCCC1CCO. The summed E-state index contributed by atoms with van der Waals surface area (Å²) in [6, 6.07) is 5.72. The number of rotatable bonds is 4. The molecule has 1 aromatic carbocycles. The van der Waals surface area contributed by atoms with Gasteiger partial charge < -0.3 is 15.7 Å². The van der Waals surface area contributed by atoms with Crippen LogP contribution in [-0.2, 0) is 0 Å². The number of amidine groups is 1. The first-order valence-corrected chi connectivity index (χ1v) is 7.02. The van der Waals surface area contributed by atoms with Crippen LogP contribution in [0.5, 0.6) is 0 Å². The molecule has 4 N–H and O–H groups in total. The van der Waals surface area contributed by atoms with Crippen molar-refractivity contribution >= 4 is 23.1 Å². The van der Waals surface area contributed by atoms with E-state index >= 15 is 0 Å². The van der Waals surface area contributed by atoms with Crippen molar-refractivity contribution in [3.05, 3.63) is 28.8 Å². The number of nitrogens with zero attached hydrogens (tertiary/aromatic N) is 1. The first kappa shape index (κ1) is 14.2. The van der Waals surface area contributed by atoms with Gasteiger partial charge in [0, 0.05) is 35.5 Å². The fourth-order valence-corrected chi connectivity index (χ4v) is 2.90. The van der Waals surface area contributed by atoms with Crippen molar-refractivity contribution in [2.75, 3.05) is 18.1 Å². The summed E-state index contributed by atoms with van der Waals surface area (Å²) in [5.41, 5.74) is 7.29. The summed E-state index contributed by atoms with van der Waals surface area (Å²) in [7, 11) is 0. The van der Waals surface area contributed by atoms with Gasteiger partial charge in [0.05, 0.1) is 0 Å². The third-order valence-electron chi connectivity index (χ3n) is 3.65. The predicted molar refractivity (Wildman–Crippen MR) is 79.2 cm³/mol. The van der Waals surface area contributed by atoms with Gasteiger partial charge in [0.2, 0.25) is 0 Å². The molecule has 19 heavy (non-hydrogen) atoms. The summed E-state index contributed by atoms with van der Waals surface area (Å²) in [5.74, 6) is 0.0555. The van der Waals surface area contributed by atoms with Crippen LogP contribution in [0.2, 0.25) is 5.02 Å². The minimum absolute atomic E-state index is 0.0555. The largest absolute Gasteiger partial charge is 0.396 e. The molecule has 0 aliphatic carbocycles. The van der Waals surface area contributed by atoms with Crippen LogP contribution in [0.25, 0.3) is 0 Å². The lowest BCUT2D eigenvalue weighted by Crippen LogP contribution is -2.41. The van der Waals surface area contributed by atoms with Crippen molar-refractivity contribution in [3.8, 4) is 0 Å². The Kier molecular flexibility index (Phi) is 4.66. The summed E-state index contributed by atoms with van der Waals surface area (Å²) in [4.78, 5) is 2.24. The number of nitrogens with one attached hydrogen (secondary N) is 1. The van der Waals surface area contributed by atoms with Crippen molar-refractivity contribution in [2.45, 2.75) is 31.7 Å². The Hall–Kier alpha value is -1.26. The van der Waals surface area contributed by atoms with E-state index in [1.54, 1.807) is 12.1 Å². The highest BCUT2D eigenvalue weighted by atomic mass is 35.5. The zero-order valence-corrected chi connectivity index (χ0v) is 11.7. The monoisotopic (exact) mass is 281 g/mol. The molecule has 2 rings (SSSR count). The van der Waals surface area contributed by atoms with E-state index in [9.17, 15) is 5.11 Å². The number of hydrogen-bond acceptors (Lipinski definition) is 3. The molecule has 0 bridgehead atoms. The molecule has 0 saturated carbocycles. The third kappa shape index (κ3) is 3.19. The normalized spacial score (nSPS) is 19.5. The van der Waals surface area contributed by atoms with E-state index in [0.717, 1.165) is 31.5 Å². The van der Waals surface area contributed by atoms with E-state index < -0.39 is 0 Å². The maximum Gasteiger partial charge on any atom is 0.124 e. The maximum absolute atomic E-state index is 9.20. The standard InChI is InChI=1S/C14H20ClN3O/c15-10-4-5-12(14(16)17)13(9-10)18-7-2-1-3-11(18)6-8-19/h4-5,9,11,19H,1-3,6-8H2,(H3,16,17). The topological polar surface area (TPSA) is 73.3 Å². The smallest absolute Gasteiger partial charge is 0.124 e. The number of nitrogen functional groups attached to an aromatic ring is 1. The number of aliphatic hydroxyl groups is 1. The van der Waals surface area contributed by atoms with Crippen molar-refractivity contribution in [3.63, 3.8) is 0 Å². The van der Waals surface area contributed by atoms with E-state index in [-0.39, 0.29) is 12.4 Å². The molecule has 1 aliphatic heterocycles. The number of hydrogen-bond donors (Lipinski definition) is 3. The van der Waals surface area contributed by atoms with Crippen LogP contribution in [0.1, 0.15) is 31.2 Å². The van der Waals surface area contributed by atoms with Crippen LogP contribution in [0, 0.1) is 5.41 Å². The van der Waals surface area contributed by atoms with Crippen LogP contribution in [0.4, 0.5) is 5.69 Å². The van der Waals surface area contributed by atoms with Crippen molar-refractivity contribution in [1.29, 1.82) is 5.41 Å². The van der Waals surface area contributed by atoms with Crippen LogP contribution in [-0.4, -0.2) is 30.1 Å². The Labute approximate surface area is 118 Å². The lowest BCUT2D eigenvalue weighted by Gasteiger charge is -2.38. The van der Waals surface area contributed by atoms with Crippen LogP contribution in [0.3, 0.4) is 0 Å². The van der Waals surface area contributed by atoms with E-state index in [1.165, 1.54) is 6.42 Å². The molecule has 1 atom stereocenters. The zero-order chi connectivity index (χ0) is 13.8. The highest BCUT2D eigenvalue weighted by Crippen LogP contribution is 2.31. The summed E-state index contributed by atoms with van der Waals surface area (Å²) in [6.07, 6.45) is 4.09. The van der Waals surface area contributed by atoms with Gasteiger partial charge in [-0.1, -0.05) is 11.6 Å². The number of anilines is 1. The maximum atomic E-state index is 9.20. The van der Waals surface area contributed by atoms with Gasteiger partial charge in [0.25, 0.3) is 0 Å². The van der Waals surface area contributed by atoms with Crippen LogP contribution in [0.15, 0.2) is 18.2 Å². The second-order valence-electron chi connectivity index (χ2n) is 4.93. The molecule has 0 amide bonds. The summed E-state index contributed by atoms with van der Waals surface area (Å²) >= 11 is 6.08. The first-order chi connectivity index (χ1) is 9.13. The number of nitrogens with two attached hydrogens (primary N) is 1. The quantitative estimate of drug-likeness (QED) is 0.586. The predicted octanol–water partition coefficient (Wildman–Crippen LogP) is 2.37. The number of halogens is 1. The van der Waals surface area contributed by atoms with Gasteiger partial charge in [-0.3, -0.25) is 5.41 Å². The lowest BCUT2D eigenvalue weighted by atomic mass is 9.97. The van der Waals surface area contributed by atoms with E-state index in [0.29, 0.717) is 16.6 Å². The summed E-state index contributed by atoms with van der Waals surface area (Å²) in [5, 5.41) is 17.5. The minimum Gasteiger partial charge on any atom is -0.396 e. The van der Waals surface area contributed by atoms with Crippen molar-refractivity contribution in [1.82, 2.24) is 0 Å². The average molecular weight is 282 g/mol. The third-order valence-corrected chi connectivity index (χ3v) is 3.88. The Morgan fingerprint density at radius 1 is 1.47 bits per heavy atom. The molecule has 104 valence electrons. The van der Waals surface area contributed by atoms with E-state index in [1.807, 2.05) is 6.07 Å². The fraction of sp³-hybridized carbons (Fsp3) is 0.500. The minimum atomic E-state index is 0.0555. The molecule has 1 aliphatic rings. The molecule has 0 spiro atoms. The van der Waals surface area contributed by atoms with Crippen LogP contribution < -0.4 is 10.6 Å². The van der Waals surface area contributed by atoms with Crippen molar-refractivity contribution < 1.29 is 5.11 Å². The molecular weight excluding hydrogens is 262 g/mol. The van der Waals surface area contributed by atoms with Gasteiger partial charge in [-0.15, -0.1) is 0 Å². The van der Waals surface area contributed by atoms with Gasteiger partial charge in [-0.2, -0.15) is 0 Å². The average Bonchev–Trinajstić information content (AvgIpc) is 2.39. The Balaban J connectivity index is 2.37. The molecule has 1 unspecified atom stereocenters. The Bertz CT molecular complexity index is 462. The highest BCUT2D eigenvalue weighted by molar-refractivity contribution is 6.31. The summed E-state index contributed by atoms with van der Waals surface area (Å²) < 4.78 is 0. The van der Waals surface area contributed by atoms with Gasteiger partial charge in [-0.25, -0.2) is 0 Å². The van der Waals surface area contributed by atoms with Gasteiger partial charge >= 0.3 is 0 Å². The molecule has 1 saturated heterocycles. The van der Waals surface area contributed by atoms with Crippen molar-refractivity contribution in [2.24, 2.45) is 5.73 Å². The molecule has 1 fully saturated rings. The van der Waals surface area contributed by atoms with Gasteiger partial charge in [0.15, 0.2) is 0 Å². The highest BCUT2D eigenvalue weighted by Gasteiger charge is 2.24. The van der Waals surface area contributed by atoms with Gasteiger partial charge in [0.1, 0.15) is 5.84 Å². The van der Waals surface area contributed by atoms with Crippen LogP contribution >= 0.6 is 11.6 Å². The molecule has 0 radical (unpaired) electrons. The number of aliphatic hydroxyl groups excluding tert-OH is 1. The second kappa shape index (κ2) is 6.26. The lowest BCUT2D eigenvalue weighted by molar-refractivity contribution is 0.262. The molecule has 1 heterocycles. The molecule has 5 heteroatoms. The summed E-state index contributed by atoms with van der Waals surface area (Å²) in [6.45, 7) is 1.10. The Morgan fingerprint density at radius 2 is 2.26 bits per heavy atom. The van der Waals surface area contributed by atoms with E-state index in [2.05, 4.69) is 4.90 Å². The Morgan fingerprint density at radius 3 is 2.95 bits per heavy atom. The molecule has 4 nitrogen and oxygen atoms in total. The second-order valence-corrected chi connectivity index (χ2v) is 5.37. The molecule has 0 aromatic heterocycles.